The van der Waals surface area contributed by atoms with Gasteiger partial charge < -0.3 is 19.5 Å². The summed E-state index contributed by atoms with van der Waals surface area (Å²) in [5, 5.41) is 2.63. The van der Waals surface area contributed by atoms with Crippen molar-refractivity contribution in [3.8, 4) is 0 Å². The first-order valence-electron chi connectivity index (χ1n) is 6.34. The number of hydrogen-bond acceptors (Lipinski definition) is 5. The first-order chi connectivity index (χ1) is 9.69. The van der Waals surface area contributed by atoms with Gasteiger partial charge in [0, 0.05) is 0 Å². The van der Waals surface area contributed by atoms with E-state index in [1.165, 1.54) is 7.11 Å². The van der Waals surface area contributed by atoms with Gasteiger partial charge in [-0.15, -0.1) is 0 Å². The third-order valence-corrected chi connectivity index (χ3v) is 3.01. The molecule has 1 amide bonds. The van der Waals surface area contributed by atoms with Crippen LogP contribution in [0.25, 0.3) is 0 Å². The lowest BCUT2D eigenvalue weighted by Gasteiger charge is -2.16. The Morgan fingerprint density at radius 1 is 1.35 bits per heavy atom. The third-order valence-electron chi connectivity index (χ3n) is 3.01. The number of ether oxygens (including phenoxy) is 3. The fourth-order valence-electron chi connectivity index (χ4n) is 1.96. The highest BCUT2D eigenvalue weighted by atomic mass is 16.6. The average molecular weight is 279 g/mol. The minimum absolute atomic E-state index is 0.0224. The Morgan fingerprint density at radius 3 is 2.80 bits per heavy atom. The second-order valence-electron chi connectivity index (χ2n) is 4.48. The molecule has 6 nitrogen and oxygen atoms in total. The number of methoxy groups -OCH3 is 1. The van der Waals surface area contributed by atoms with Crippen LogP contribution in [-0.2, 0) is 25.6 Å². The first kappa shape index (κ1) is 14.3. The third kappa shape index (κ3) is 3.96. The zero-order valence-corrected chi connectivity index (χ0v) is 11.2. The molecule has 1 aliphatic rings. The summed E-state index contributed by atoms with van der Waals surface area (Å²) < 4.78 is 15.1. The van der Waals surface area contributed by atoms with Gasteiger partial charge in [0.15, 0.2) is 0 Å². The number of alkyl carbamates (subject to hydrolysis) is 1. The van der Waals surface area contributed by atoms with Crippen LogP contribution in [0.3, 0.4) is 0 Å². The SMILES string of the molecule is COC(=O)C[C@H]1OC(=O)N[C@@H]1COCc1ccccc1. The number of esters is 1. The summed E-state index contributed by atoms with van der Waals surface area (Å²) in [5.74, 6) is -0.417. The van der Waals surface area contributed by atoms with Gasteiger partial charge in [0.25, 0.3) is 0 Å². The van der Waals surface area contributed by atoms with Crippen LogP contribution in [0.5, 0.6) is 0 Å². The normalized spacial score (nSPS) is 21.1. The second-order valence-corrected chi connectivity index (χ2v) is 4.48. The summed E-state index contributed by atoms with van der Waals surface area (Å²) in [7, 11) is 1.30. The van der Waals surface area contributed by atoms with Crippen LogP contribution >= 0.6 is 0 Å². The van der Waals surface area contributed by atoms with E-state index in [2.05, 4.69) is 10.1 Å². The van der Waals surface area contributed by atoms with Crippen molar-refractivity contribution in [3.63, 3.8) is 0 Å². The molecule has 0 spiro atoms. The van der Waals surface area contributed by atoms with Crippen LogP contribution in [0.1, 0.15) is 12.0 Å². The Labute approximate surface area is 117 Å². The highest BCUT2D eigenvalue weighted by molar-refractivity contribution is 5.74. The molecule has 0 bridgehead atoms. The Kier molecular flexibility index (Phi) is 4.95. The molecule has 6 heteroatoms. The molecule has 1 saturated heterocycles. The van der Waals surface area contributed by atoms with E-state index in [4.69, 9.17) is 9.47 Å². The van der Waals surface area contributed by atoms with Crippen LogP contribution in [0.2, 0.25) is 0 Å². The van der Waals surface area contributed by atoms with Crippen molar-refractivity contribution in [2.24, 2.45) is 0 Å². The largest absolute Gasteiger partial charge is 0.469 e. The molecule has 20 heavy (non-hydrogen) atoms. The van der Waals surface area contributed by atoms with Gasteiger partial charge in [0.05, 0.1) is 32.8 Å². The standard InChI is InChI=1S/C14H17NO5/c1-18-13(16)7-12-11(15-14(17)20-12)9-19-8-10-5-3-2-4-6-10/h2-6,11-12H,7-9H2,1H3,(H,15,17)/t11-,12-/m1/s1. The molecule has 2 rings (SSSR count). The lowest BCUT2D eigenvalue weighted by Crippen LogP contribution is -2.37. The van der Waals surface area contributed by atoms with E-state index in [1.807, 2.05) is 30.3 Å². The first-order valence-corrected chi connectivity index (χ1v) is 6.34. The van der Waals surface area contributed by atoms with E-state index >= 15 is 0 Å². The number of carbonyl (C=O) groups is 2. The van der Waals surface area contributed by atoms with Gasteiger partial charge in [-0.25, -0.2) is 4.79 Å². The summed E-state index contributed by atoms with van der Waals surface area (Å²) in [6.45, 7) is 0.723. The molecule has 0 aliphatic carbocycles. The maximum absolute atomic E-state index is 11.2. The number of carbonyl (C=O) groups excluding carboxylic acids is 2. The van der Waals surface area contributed by atoms with Crippen LogP contribution < -0.4 is 5.32 Å². The van der Waals surface area contributed by atoms with Crippen molar-refractivity contribution in [2.75, 3.05) is 13.7 Å². The van der Waals surface area contributed by atoms with E-state index in [1.54, 1.807) is 0 Å². The molecule has 108 valence electrons. The number of benzene rings is 1. The van der Waals surface area contributed by atoms with Crippen LogP contribution in [0.4, 0.5) is 4.79 Å². The summed E-state index contributed by atoms with van der Waals surface area (Å²) >= 11 is 0. The zero-order valence-electron chi connectivity index (χ0n) is 11.2. The van der Waals surface area contributed by atoms with E-state index < -0.39 is 18.2 Å². The fourth-order valence-corrected chi connectivity index (χ4v) is 1.96. The summed E-state index contributed by atoms with van der Waals surface area (Å²) in [6.07, 6.45) is -1.06. The monoisotopic (exact) mass is 279 g/mol. The van der Waals surface area contributed by atoms with Crippen molar-refractivity contribution in [3.05, 3.63) is 35.9 Å². The molecule has 0 saturated carbocycles. The van der Waals surface area contributed by atoms with E-state index in [0.29, 0.717) is 6.61 Å². The van der Waals surface area contributed by atoms with Gasteiger partial charge in [-0.1, -0.05) is 30.3 Å². The molecule has 2 atom stereocenters. The molecule has 1 N–H and O–H groups in total. The highest BCUT2D eigenvalue weighted by Crippen LogP contribution is 2.14. The van der Waals surface area contributed by atoms with Crippen molar-refractivity contribution < 1.29 is 23.8 Å². The fraction of sp³-hybridized carbons (Fsp3) is 0.429. The number of nitrogens with one attached hydrogen (secondary N) is 1. The van der Waals surface area contributed by atoms with Crippen molar-refractivity contribution in [1.29, 1.82) is 0 Å². The topological polar surface area (TPSA) is 73.9 Å². The molecular formula is C14H17NO5. The molecule has 1 fully saturated rings. The van der Waals surface area contributed by atoms with Gasteiger partial charge in [0.1, 0.15) is 6.10 Å². The van der Waals surface area contributed by atoms with Gasteiger partial charge >= 0.3 is 12.1 Å². The zero-order chi connectivity index (χ0) is 14.4. The van der Waals surface area contributed by atoms with Gasteiger partial charge in [-0.3, -0.25) is 4.79 Å². The molecule has 0 aromatic heterocycles. The Hall–Kier alpha value is -2.08. The minimum Gasteiger partial charge on any atom is -0.469 e. The number of rotatable bonds is 6. The summed E-state index contributed by atoms with van der Waals surface area (Å²) in [6, 6.07) is 9.36. The predicted octanol–water partition coefficient (Wildman–Crippen LogP) is 1.24. The minimum atomic E-state index is -0.550. The maximum atomic E-state index is 11.2. The number of amides is 1. The lowest BCUT2D eigenvalue weighted by atomic mass is 10.1. The van der Waals surface area contributed by atoms with Gasteiger partial charge in [-0.05, 0) is 5.56 Å². The number of hydrogen-bond donors (Lipinski definition) is 1. The quantitative estimate of drug-likeness (QED) is 0.793. The predicted molar refractivity (Wildman–Crippen MR) is 69.9 cm³/mol. The number of cyclic esters (lactones) is 1. The Bertz CT molecular complexity index is 462. The van der Waals surface area contributed by atoms with Crippen LogP contribution in [-0.4, -0.2) is 37.9 Å². The maximum Gasteiger partial charge on any atom is 0.407 e. The average Bonchev–Trinajstić information content (AvgIpc) is 2.80. The molecule has 0 unspecified atom stereocenters. The highest BCUT2D eigenvalue weighted by Gasteiger charge is 2.35. The molecule has 1 aliphatic heterocycles. The molecular weight excluding hydrogens is 262 g/mol. The van der Waals surface area contributed by atoms with E-state index in [9.17, 15) is 9.59 Å². The van der Waals surface area contributed by atoms with Gasteiger partial charge in [0.2, 0.25) is 0 Å². The van der Waals surface area contributed by atoms with Crippen molar-refractivity contribution in [2.45, 2.75) is 25.2 Å². The van der Waals surface area contributed by atoms with Crippen LogP contribution in [0, 0.1) is 0 Å². The molecule has 1 aromatic rings. The van der Waals surface area contributed by atoms with Crippen molar-refractivity contribution in [1.82, 2.24) is 5.32 Å². The van der Waals surface area contributed by atoms with Crippen LogP contribution in [0.15, 0.2) is 30.3 Å². The Morgan fingerprint density at radius 2 is 2.10 bits per heavy atom. The lowest BCUT2D eigenvalue weighted by molar-refractivity contribution is -0.142. The molecule has 1 aromatic carbocycles. The molecule has 1 heterocycles. The Balaban J connectivity index is 1.81. The second kappa shape index (κ2) is 6.91. The smallest absolute Gasteiger partial charge is 0.407 e. The van der Waals surface area contributed by atoms with E-state index in [-0.39, 0.29) is 19.1 Å². The van der Waals surface area contributed by atoms with Gasteiger partial charge in [-0.2, -0.15) is 0 Å². The van der Waals surface area contributed by atoms with E-state index in [0.717, 1.165) is 5.56 Å². The summed E-state index contributed by atoms with van der Waals surface area (Å²) in [5.41, 5.74) is 1.04. The molecule has 0 radical (unpaired) electrons. The van der Waals surface area contributed by atoms with Crippen molar-refractivity contribution >= 4 is 12.1 Å². The summed E-state index contributed by atoms with van der Waals surface area (Å²) in [4.78, 5) is 22.5.